The first-order valence-corrected chi connectivity index (χ1v) is 3.36. The normalized spacial score (nSPS) is 12.3. The molecule has 0 aromatic rings. The van der Waals surface area contributed by atoms with Crippen molar-refractivity contribution in [1.29, 1.82) is 5.26 Å². The van der Waals surface area contributed by atoms with E-state index < -0.39 is 0 Å². The van der Waals surface area contributed by atoms with Crippen molar-refractivity contribution in [1.82, 2.24) is 0 Å². The van der Waals surface area contributed by atoms with Crippen LogP contribution in [0.25, 0.3) is 0 Å². The molecule has 11 heavy (non-hydrogen) atoms. The fourth-order valence-corrected chi connectivity index (χ4v) is 0.532. The number of nitriles is 1. The summed E-state index contributed by atoms with van der Waals surface area (Å²) in [7, 11) is 0. The van der Waals surface area contributed by atoms with E-state index in [-0.39, 0.29) is 0 Å². The molecule has 0 radical (unpaired) electrons. The molecular weight excluding hydrogens is 138 g/mol. The first kappa shape index (κ1) is 9.51. The highest BCUT2D eigenvalue weighted by Gasteiger charge is 1.86. The highest BCUT2D eigenvalue weighted by Crippen LogP contribution is 1.98. The molecule has 0 rings (SSSR count). The van der Waals surface area contributed by atoms with Crippen LogP contribution in [0.1, 0.15) is 13.8 Å². The molecule has 0 saturated carbocycles. The minimum atomic E-state index is 0.549. The molecule has 0 bridgehead atoms. The first-order valence-electron chi connectivity index (χ1n) is 3.36. The molecule has 0 saturated heterocycles. The van der Waals surface area contributed by atoms with Crippen molar-refractivity contribution >= 4 is 0 Å². The molecule has 0 fully saturated rings. The molecule has 2 heteroatoms. The van der Waals surface area contributed by atoms with Crippen molar-refractivity contribution in [3.63, 3.8) is 0 Å². The Hall–Kier alpha value is -1.49. The van der Waals surface area contributed by atoms with Crippen molar-refractivity contribution in [2.45, 2.75) is 13.8 Å². The summed E-state index contributed by atoms with van der Waals surface area (Å²) in [5.74, 6) is 0.549. The third-order valence-electron chi connectivity index (χ3n) is 0.947. The van der Waals surface area contributed by atoms with Crippen LogP contribution in [-0.2, 0) is 4.74 Å². The van der Waals surface area contributed by atoms with Gasteiger partial charge in [-0.05, 0) is 26.0 Å². The summed E-state index contributed by atoms with van der Waals surface area (Å²) in [5.41, 5.74) is 0. The second kappa shape index (κ2) is 6.63. The molecule has 0 heterocycles. The molecule has 0 aliphatic carbocycles. The number of nitrogens with zero attached hydrogens (tertiary/aromatic N) is 1. The summed E-state index contributed by atoms with van der Waals surface area (Å²) in [6.45, 7) is 3.76. The Balaban J connectivity index is 4.22. The summed E-state index contributed by atoms with van der Waals surface area (Å²) in [6.07, 6.45) is 10.5. The highest BCUT2D eigenvalue weighted by atomic mass is 16.5. The molecule has 0 spiro atoms. The minimum Gasteiger partial charge on any atom is -0.388 e. The zero-order valence-corrected chi connectivity index (χ0v) is 6.74. The Kier molecular flexibility index (Phi) is 5.73. The number of hydrogen-bond acceptors (Lipinski definition) is 2. The van der Waals surface area contributed by atoms with E-state index in [2.05, 4.69) is 4.74 Å². The third kappa shape index (κ3) is 4.98. The second-order valence-electron chi connectivity index (χ2n) is 1.79. The summed E-state index contributed by atoms with van der Waals surface area (Å²) in [4.78, 5) is 0. The zero-order valence-electron chi connectivity index (χ0n) is 6.74. The van der Waals surface area contributed by atoms with Gasteiger partial charge in [0.05, 0.1) is 0 Å². The van der Waals surface area contributed by atoms with E-state index in [9.17, 15) is 0 Å². The largest absolute Gasteiger partial charge is 0.388 e. The molecular formula is C9H11NO. The Morgan fingerprint density at radius 3 is 2.55 bits per heavy atom. The topological polar surface area (TPSA) is 33.0 Å². The van der Waals surface area contributed by atoms with E-state index in [1.54, 1.807) is 18.4 Å². The lowest BCUT2D eigenvalue weighted by Gasteiger charge is -1.91. The summed E-state index contributed by atoms with van der Waals surface area (Å²) >= 11 is 0. The van der Waals surface area contributed by atoms with Gasteiger partial charge in [-0.1, -0.05) is 18.2 Å². The summed E-state index contributed by atoms with van der Waals surface area (Å²) in [6, 6.07) is 0. The van der Waals surface area contributed by atoms with Gasteiger partial charge < -0.3 is 4.74 Å². The van der Waals surface area contributed by atoms with Crippen molar-refractivity contribution < 1.29 is 4.74 Å². The van der Waals surface area contributed by atoms with Crippen LogP contribution in [0.4, 0.5) is 0 Å². The van der Waals surface area contributed by atoms with E-state index in [1.807, 2.05) is 32.1 Å². The van der Waals surface area contributed by atoms with E-state index in [0.29, 0.717) is 5.76 Å². The predicted molar refractivity (Wildman–Crippen MR) is 44.4 cm³/mol. The third-order valence-corrected chi connectivity index (χ3v) is 0.947. The van der Waals surface area contributed by atoms with Crippen LogP contribution in [0, 0.1) is 11.5 Å². The van der Waals surface area contributed by atoms with Crippen LogP contribution in [0.5, 0.6) is 0 Å². The SMILES string of the molecule is C\C=C/C=C(\C=C/C)OC#N. The van der Waals surface area contributed by atoms with Crippen molar-refractivity contribution in [2.75, 3.05) is 0 Å². The lowest BCUT2D eigenvalue weighted by Crippen LogP contribution is -1.78. The minimum absolute atomic E-state index is 0.549. The van der Waals surface area contributed by atoms with Gasteiger partial charge in [0.15, 0.2) is 0 Å². The van der Waals surface area contributed by atoms with E-state index in [1.165, 1.54) is 0 Å². The molecule has 2 nitrogen and oxygen atoms in total. The predicted octanol–water partition coefficient (Wildman–Crippen LogP) is 2.52. The average Bonchev–Trinajstić information content (AvgIpc) is 2.01. The first-order chi connectivity index (χ1) is 5.35. The molecule has 0 N–H and O–H groups in total. The number of rotatable bonds is 3. The van der Waals surface area contributed by atoms with Gasteiger partial charge in [-0.25, -0.2) is 0 Å². The molecule has 0 unspecified atom stereocenters. The summed E-state index contributed by atoms with van der Waals surface area (Å²) in [5, 5.41) is 8.19. The average molecular weight is 149 g/mol. The Morgan fingerprint density at radius 1 is 1.36 bits per heavy atom. The lowest BCUT2D eigenvalue weighted by atomic mass is 10.4. The Labute approximate surface area is 67.1 Å². The Bertz CT molecular complexity index is 218. The van der Waals surface area contributed by atoms with Crippen LogP contribution >= 0.6 is 0 Å². The number of ether oxygens (including phenoxy) is 1. The van der Waals surface area contributed by atoms with Gasteiger partial charge in [0.1, 0.15) is 5.76 Å². The standard InChI is InChI=1S/C9H11NO/c1-3-5-7-9(6-4-2)11-8-10/h3-7H,1-2H3/b5-3-,6-4-,9-7+. The fourth-order valence-electron chi connectivity index (χ4n) is 0.532. The van der Waals surface area contributed by atoms with Crippen LogP contribution in [-0.4, -0.2) is 0 Å². The fraction of sp³-hybridized carbons (Fsp3) is 0.222. The zero-order chi connectivity index (χ0) is 8.53. The van der Waals surface area contributed by atoms with Gasteiger partial charge in [0.2, 0.25) is 0 Å². The molecule has 0 aliphatic rings. The quantitative estimate of drug-likeness (QED) is 0.351. The van der Waals surface area contributed by atoms with Gasteiger partial charge in [-0.3, -0.25) is 0 Å². The van der Waals surface area contributed by atoms with Crippen molar-refractivity contribution in [3.05, 3.63) is 36.1 Å². The number of hydrogen-bond donors (Lipinski definition) is 0. The molecule has 58 valence electrons. The monoisotopic (exact) mass is 149 g/mol. The van der Waals surface area contributed by atoms with Gasteiger partial charge in [0, 0.05) is 0 Å². The highest BCUT2D eigenvalue weighted by molar-refractivity contribution is 5.18. The van der Waals surface area contributed by atoms with Gasteiger partial charge in [0.25, 0.3) is 6.26 Å². The van der Waals surface area contributed by atoms with Crippen molar-refractivity contribution in [3.8, 4) is 6.26 Å². The maximum absolute atomic E-state index is 8.19. The van der Waals surface area contributed by atoms with E-state index in [0.717, 1.165) is 0 Å². The summed E-state index contributed by atoms with van der Waals surface area (Å²) < 4.78 is 4.61. The molecule has 0 aliphatic heterocycles. The van der Waals surface area contributed by atoms with Crippen molar-refractivity contribution in [2.24, 2.45) is 0 Å². The second-order valence-corrected chi connectivity index (χ2v) is 1.79. The van der Waals surface area contributed by atoms with E-state index in [4.69, 9.17) is 5.26 Å². The van der Waals surface area contributed by atoms with E-state index >= 15 is 0 Å². The van der Waals surface area contributed by atoms with Crippen LogP contribution in [0.3, 0.4) is 0 Å². The molecule has 0 amide bonds. The van der Waals surface area contributed by atoms with Gasteiger partial charge in [-0.2, -0.15) is 0 Å². The Morgan fingerprint density at radius 2 is 2.09 bits per heavy atom. The molecule has 0 aromatic heterocycles. The maximum Gasteiger partial charge on any atom is 0.292 e. The van der Waals surface area contributed by atoms with Gasteiger partial charge in [-0.15, -0.1) is 5.26 Å². The maximum atomic E-state index is 8.19. The number of allylic oxidation sites excluding steroid dienone is 5. The molecule has 0 atom stereocenters. The van der Waals surface area contributed by atoms with Crippen LogP contribution in [0.15, 0.2) is 36.1 Å². The van der Waals surface area contributed by atoms with Gasteiger partial charge >= 0.3 is 0 Å². The van der Waals surface area contributed by atoms with Crippen LogP contribution in [0.2, 0.25) is 0 Å². The van der Waals surface area contributed by atoms with Crippen LogP contribution < -0.4 is 0 Å². The lowest BCUT2D eigenvalue weighted by molar-refractivity contribution is 0.393. The molecule has 0 aromatic carbocycles. The smallest absolute Gasteiger partial charge is 0.292 e.